The van der Waals surface area contributed by atoms with Crippen molar-refractivity contribution in [2.45, 2.75) is 60.4 Å². The van der Waals surface area contributed by atoms with Crippen LogP contribution in [0.3, 0.4) is 0 Å². The van der Waals surface area contributed by atoms with Crippen LogP contribution in [0, 0.1) is 29.6 Å². The maximum Gasteiger partial charge on any atom is 0.0710 e. The molecular weight excluding hydrogens is 194 g/mol. The molecule has 0 saturated heterocycles. The molecule has 2 atom stereocenters. The van der Waals surface area contributed by atoms with Crippen molar-refractivity contribution in [3.05, 3.63) is 0 Å². The maximum atomic E-state index is 5.48. The summed E-state index contributed by atoms with van der Waals surface area (Å²) in [5.41, 5.74) is 0.434. The van der Waals surface area contributed by atoms with E-state index in [0.717, 1.165) is 12.5 Å². The topological polar surface area (TPSA) is 12.0 Å². The Bertz CT molecular complexity index is 217. The van der Waals surface area contributed by atoms with Gasteiger partial charge in [0.2, 0.25) is 0 Å². The smallest absolute Gasteiger partial charge is 0.0710 e. The van der Waals surface area contributed by atoms with Gasteiger partial charge in [0.1, 0.15) is 0 Å². The van der Waals surface area contributed by atoms with Gasteiger partial charge in [0.15, 0.2) is 0 Å². The van der Waals surface area contributed by atoms with Crippen LogP contribution in [0.15, 0.2) is 0 Å². The quantitative estimate of drug-likeness (QED) is 0.677. The van der Waals surface area contributed by atoms with E-state index in [-0.39, 0.29) is 6.04 Å². The van der Waals surface area contributed by atoms with Gasteiger partial charge in [-0.15, -0.1) is 6.42 Å². The molecule has 94 valence electrons. The van der Waals surface area contributed by atoms with Crippen LogP contribution in [0.2, 0.25) is 0 Å². The Kier molecular flexibility index (Phi) is 6.76. The van der Waals surface area contributed by atoms with E-state index in [1.165, 1.54) is 12.8 Å². The summed E-state index contributed by atoms with van der Waals surface area (Å²) in [6, 6.07) is 0.224. The molecule has 0 aromatic heterocycles. The zero-order valence-corrected chi connectivity index (χ0v) is 11.9. The summed E-state index contributed by atoms with van der Waals surface area (Å²) in [6.45, 7) is 14.6. The summed E-state index contributed by atoms with van der Waals surface area (Å²) in [5.74, 6) is 4.09. The maximum absolute atomic E-state index is 5.48. The summed E-state index contributed by atoms with van der Waals surface area (Å²) >= 11 is 0. The molecule has 0 aliphatic carbocycles. The lowest BCUT2D eigenvalue weighted by Gasteiger charge is -2.24. The van der Waals surface area contributed by atoms with Crippen molar-refractivity contribution in [1.29, 1.82) is 0 Å². The van der Waals surface area contributed by atoms with Crippen LogP contribution in [0.1, 0.15) is 54.4 Å². The molecule has 16 heavy (non-hydrogen) atoms. The van der Waals surface area contributed by atoms with Gasteiger partial charge in [-0.3, -0.25) is 0 Å². The Balaban J connectivity index is 3.78. The largest absolute Gasteiger partial charge is 0.303 e. The highest BCUT2D eigenvalue weighted by atomic mass is 14.9. The molecule has 0 spiro atoms. The minimum Gasteiger partial charge on any atom is -0.303 e. The van der Waals surface area contributed by atoms with Gasteiger partial charge in [-0.2, -0.15) is 0 Å². The third kappa shape index (κ3) is 7.77. The van der Waals surface area contributed by atoms with Crippen molar-refractivity contribution in [1.82, 2.24) is 5.32 Å². The highest BCUT2D eigenvalue weighted by molar-refractivity contribution is 5.00. The average Bonchev–Trinajstić information content (AvgIpc) is 2.08. The van der Waals surface area contributed by atoms with Gasteiger partial charge >= 0.3 is 0 Å². The van der Waals surface area contributed by atoms with Gasteiger partial charge in [0, 0.05) is 0 Å². The molecule has 1 nitrogen and oxygen atoms in total. The molecule has 0 unspecified atom stereocenters. The van der Waals surface area contributed by atoms with E-state index in [2.05, 4.69) is 52.8 Å². The first-order valence-corrected chi connectivity index (χ1v) is 6.46. The van der Waals surface area contributed by atoms with E-state index in [4.69, 9.17) is 6.42 Å². The molecule has 0 aliphatic rings. The molecule has 1 heteroatoms. The first kappa shape index (κ1) is 15.5. The molecule has 0 bridgehead atoms. The fraction of sp³-hybridized carbons (Fsp3) is 0.867. The van der Waals surface area contributed by atoms with Crippen LogP contribution in [-0.2, 0) is 0 Å². The first-order valence-electron chi connectivity index (χ1n) is 6.46. The van der Waals surface area contributed by atoms with E-state index < -0.39 is 0 Å². The summed E-state index contributed by atoms with van der Waals surface area (Å²) in [4.78, 5) is 0. The molecule has 0 radical (unpaired) electrons. The Labute approximate surface area is 102 Å². The number of hydrogen-bond acceptors (Lipinski definition) is 1. The van der Waals surface area contributed by atoms with E-state index >= 15 is 0 Å². The third-order valence-corrected chi connectivity index (χ3v) is 2.81. The highest BCUT2D eigenvalue weighted by Gasteiger charge is 2.15. The van der Waals surface area contributed by atoms with Crippen LogP contribution >= 0.6 is 0 Å². The van der Waals surface area contributed by atoms with Crippen molar-refractivity contribution in [2.24, 2.45) is 17.3 Å². The lowest BCUT2D eigenvalue weighted by Crippen LogP contribution is -2.33. The second-order valence-electron chi connectivity index (χ2n) is 6.50. The van der Waals surface area contributed by atoms with Gasteiger partial charge in [0.25, 0.3) is 0 Å². The monoisotopic (exact) mass is 223 g/mol. The van der Waals surface area contributed by atoms with Gasteiger partial charge < -0.3 is 5.32 Å². The van der Waals surface area contributed by atoms with Gasteiger partial charge in [-0.05, 0) is 36.6 Å². The molecule has 0 amide bonds. The predicted octanol–water partition coefficient (Wildman–Crippen LogP) is 3.70. The van der Waals surface area contributed by atoms with Crippen LogP contribution < -0.4 is 5.32 Å². The van der Waals surface area contributed by atoms with Crippen molar-refractivity contribution >= 4 is 0 Å². The normalized spacial score (nSPS) is 15.9. The van der Waals surface area contributed by atoms with Gasteiger partial charge in [-0.1, -0.05) is 47.5 Å². The molecule has 1 N–H and O–H groups in total. The predicted molar refractivity (Wildman–Crippen MR) is 73.3 cm³/mol. The van der Waals surface area contributed by atoms with Crippen LogP contribution in [0.4, 0.5) is 0 Å². The Hall–Kier alpha value is -0.480. The number of rotatable bonds is 6. The molecule has 0 aliphatic heterocycles. The molecule has 0 fully saturated rings. The Morgan fingerprint density at radius 1 is 1.19 bits per heavy atom. The Morgan fingerprint density at radius 3 is 2.12 bits per heavy atom. The summed E-state index contributed by atoms with van der Waals surface area (Å²) in [6.07, 6.45) is 7.97. The zero-order valence-electron chi connectivity index (χ0n) is 11.9. The lowest BCUT2D eigenvalue weighted by atomic mass is 9.84. The summed E-state index contributed by atoms with van der Waals surface area (Å²) in [5, 5.41) is 3.45. The second-order valence-corrected chi connectivity index (χ2v) is 6.50. The van der Waals surface area contributed by atoms with Crippen LogP contribution in [0.25, 0.3) is 0 Å². The fourth-order valence-electron chi connectivity index (χ4n) is 2.12. The van der Waals surface area contributed by atoms with Crippen molar-refractivity contribution in [2.75, 3.05) is 6.54 Å². The standard InChI is InChI=1S/C15H29N/c1-8-14(12(2)3)16-10-9-13(4)11-15(5,6)7/h1,12-14,16H,9-11H2,2-7H3/t13-,14+/m0/s1. The second kappa shape index (κ2) is 6.97. The third-order valence-electron chi connectivity index (χ3n) is 2.81. The summed E-state index contributed by atoms with van der Waals surface area (Å²) < 4.78 is 0. The zero-order chi connectivity index (χ0) is 12.8. The van der Waals surface area contributed by atoms with E-state index in [9.17, 15) is 0 Å². The van der Waals surface area contributed by atoms with E-state index in [1.54, 1.807) is 0 Å². The van der Waals surface area contributed by atoms with Gasteiger partial charge in [0.05, 0.1) is 6.04 Å². The molecule has 0 aromatic rings. The van der Waals surface area contributed by atoms with E-state index in [1.807, 2.05) is 0 Å². The molecular formula is C15H29N. The van der Waals surface area contributed by atoms with Crippen molar-refractivity contribution in [3.8, 4) is 12.3 Å². The summed E-state index contributed by atoms with van der Waals surface area (Å²) in [7, 11) is 0. The number of hydrogen-bond donors (Lipinski definition) is 1. The fourth-order valence-corrected chi connectivity index (χ4v) is 2.12. The van der Waals surface area contributed by atoms with Crippen molar-refractivity contribution in [3.63, 3.8) is 0 Å². The molecule has 0 rings (SSSR count). The minimum absolute atomic E-state index is 0.224. The van der Waals surface area contributed by atoms with Crippen LogP contribution in [0.5, 0.6) is 0 Å². The van der Waals surface area contributed by atoms with Gasteiger partial charge in [-0.25, -0.2) is 0 Å². The SMILES string of the molecule is C#C[C@@H](NCC[C@H](C)CC(C)(C)C)C(C)C. The highest BCUT2D eigenvalue weighted by Crippen LogP contribution is 2.25. The minimum atomic E-state index is 0.224. The number of terminal acetylenes is 1. The molecule has 0 saturated carbocycles. The van der Waals surface area contributed by atoms with E-state index in [0.29, 0.717) is 11.3 Å². The first-order chi connectivity index (χ1) is 7.26. The average molecular weight is 223 g/mol. The number of nitrogens with one attached hydrogen (secondary N) is 1. The lowest BCUT2D eigenvalue weighted by molar-refractivity contribution is 0.291. The van der Waals surface area contributed by atoms with Crippen LogP contribution in [-0.4, -0.2) is 12.6 Å². The molecule has 0 heterocycles. The Morgan fingerprint density at radius 2 is 1.75 bits per heavy atom. The molecule has 0 aromatic carbocycles. The van der Waals surface area contributed by atoms with Crippen molar-refractivity contribution < 1.29 is 0 Å².